The summed E-state index contributed by atoms with van der Waals surface area (Å²) in [5.41, 5.74) is 3.47. The molecule has 0 spiro atoms. The molecule has 1 amide bonds. The summed E-state index contributed by atoms with van der Waals surface area (Å²) in [7, 11) is 0. The van der Waals surface area contributed by atoms with Crippen LogP contribution in [0.5, 0.6) is 0 Å². The number of ketones is 1. The number of amides is 1. The Balaban J connectivity index is 2.13. The molecule has 2 unspecified atom stereocenters. The molecule has 1 fully saturated rings. The van der Waals surface area contributed by atoms with E-state index in [1.54, 1.807) is 19.1 Å². The van der Waals surface area contributed by atoms with Gasteiger partial charge in [-0.05, 0) is 31.4 Å². The molecule has 5 nitrogen and oxygen atoms in total. The third kappa shape index (κ3) is 4.25. The quantitative estimate of drug-likeness (QED) is 0.445. The van der Waals surface area contributed by atoms with Crippen LogP contribution in [0.4, 0.5) is 0 Å². The smallest absolute Gasteiger partial charge is 0.295 e. The monoisotopic (exact) mass is 393 g/mol. The van der Waals surface area contributed by atoms with Crippen molar-refractivity contribution in [2.45, 2.75) is 45.8 Å². The van der Waals surface area contributed by atoms with Crippen LogP contribution in [0.3, 0.4) is 0 Å². The Hall–Kier alpha value is -2.92. The topological polar surface area (TPSA) is 77.8 Å². The van der Waals surface area contributed by atoms with E-state index in [0.29, 0.717) is 5.56 Å². The number of nitrogens with zero attached hydrogens (tertiary/aromatic N) is 1. The molecule has 2 N–H and O–H groups in total. The lowest BCUT2D eigenvalue weighted by molar-refractivity contribution is -0.140. The Labute approximate surface area is 171 Å². The van der Waals surface area contributed by atoms with Crippen LogP contribution in [0.15, 0.2) is 54.1 Å². The first-order valence-electron chi connectivity index (χ1n) is 9.95. The standard InChI is InChI=1S/C24H27NO4/c1-4-5-17-8-12-18(13-9-17)21-20(22(27)19-10-6-15(2)7-11-19)23(28)24(29)25(21)14-16(3)26/h6-13,16,21,26-27H,4-5,14H2,1-3H3. The molecule has 1 aliphatic rings. The number of hydrogen-bond acceptors (Lipinski definition) is 4. The summed E-state index contributed by atoms with van der Waals surface area (Å²) in [4.78, 5) is 26.9. The van der Waals surface area contributed by atoms with E-state index in [1.165, 1.54) is 10.5 Å². The molecule has 2 atom stereocenters. The van der Waals surface area contributed by atoms with Crippen molar-refractivity contribution in [2.75, 3.05) is 6.54 Å². The van der Waals surface area contributed by atoms with Gasteiger partial charge in [0, 0.05) is 12.1 Å². The maximum absolute atomic E-state index is 12.8. The zero-order valence-corrected chi connectivity index (χ0v) is 17.1. The molecule has 0 aliphatic carbocycles. The number of carbonyl (C=O) groups is 2. The molecule has 0 bridgehead atoms. The summed E-state index contributed by atoms with van der Waals surface area (Å²) in [6.07, 6.45) is 1.17. The van der Waals surface area contributed by atoms with Crippen LogP contribution in [0.1, 0.15) is 48.6 Å². The molecular weight excluding hydrogens is 366 g/mol. The summed E-state index contributed by atoms with van der Waals surface area (Å²) in [5, 5.41) is 20.8. The number of β-amino-alcohol motifs (C(OH)–C–C–N with tert-alkyl or cyclic N) is 1. The molecule has 152 valence electrons. The lowest BCUT2D eigenvalue weighted by atomic mass is 9.94. The molecule has 0 saturated carbocycles. The first-order chi connectivity index (χ1) is 13.8. The molecule has 29 heavy (non-hydrogen) atoms. The number of rotatable bonds is 6. The van der Waals surface area contributed by atoms with E-state index >= 15 is 0 Å². The number of Topliss-reactive ketones (excluding diaryl/α,β-unsaturated/α-hetero) is 1. The van der Waals surface area contributed by atoms with Crippen molar-refractivity contribution in [1.29, 1.82) is 0 Å². The van der Waals surface area contributed by atoms with E-state index in [1.807, 2.05) is 43.3 Å². The maximum atomic E-state index is 12.8. The lowest BCUT2D eigenvalue weighted by Gasteiger charge is -2.26. The minimum Gasteiger partial charge on any atom is -0.507 e. The number of aliphatic hydroxyl groups is 2. The van der Waals surface area contributed by atoms with Gasteiger partial charge in [0.2, 0.25) is 0 Å². The molecule has 0 radical (unpaired) electrons. The minimum absolute atomic E-state index is 0.0105. The van der Waals surface area contributed by atoms with Crippen LogP contribution in [0.25, 0.3) is 5.76 Å². The highest BCUT2D eigenvalue weighted by molar-refractivity contribution is 6.46. The number of likely N-dealkylation sites (tertiary alicyclic amines) is 1. The SMILES string of the molecule is CCCc1ccc(C2C(=C(O)c3ccc(C)cc3)C(=O)C(=O)N2CC(C)O)cc1. The van der Waals surface area contributed by atoms with Gasteiger partial charge in [-0.2, -0.15) is 0 Å². The second-order valence-electron chi connectivity index (χ2n) is 7.66. The van der Waals surface area contributed by atoms with Gasteiger partial charge in [0.05, 0.1) is 17.7 Å². The highest BCUT2D eigenvalue weighted by atomic mass is 16.3. The Morgan fingerprint density at radius 2 is 1.69 bits per heavy atom. The fourth-order valence-electron chi connectivity index (χ4n) is 3.72. The van der Waals surface area contributed by atoms with Crippen molar-refractivity contribution < 1.29 is 19.8 Å². The Bertz CT molecular complexity index is 926. The second kappa shape index (κ2) is 8.62. The van der Waals surface area contributed by atoms with E-state index in [-0.39, 0.29) is 17.9 Å². The predicted octanol–water partition coefficient (Wildman–Crippen LogP) is 3.75. The average molecular weight is 393 g/mol. The molecule has 1 saturated heterocycles. The lowest BCUT2D eigenvalue weighted by Crippen LogP contribution is -2.35. The summed E-state index contributed by atoms with van der Waals surface area (Å²) in [6.45, 7) is 5.62. The van der Waals surface area contributed by atoms with Gasteiger partial charge in [-0.15, -0.1) is 0 Å². The highest BCUT2D eigenvalue weighted by Gasteiger charge is 2.46. The van der Waals surface area contributed by atoms with Crippen molar-refractivity contribution in [3.05, 3.63) is 76.4 Å². The highest BCUT2D eigenvalue weighted by Crippen LogP contribution is 2.39. The van der Waals surface area contributed by atoms with Gasteiger partial charge in [-0.3, -0.25) is 9.59 Å². The second-order valence-corrected chi connectivity index (χ2v) is 7.66. The van der Waals surface area contributed by atoms with Gasteiger partial charge >= 0.3 is 0 Å². The minimum atomic E-state index is -0.797. The molecule has 2 aromatic carbocycles. The van der Waals surface area contributed by atoms with Crippen molar-refractivity contribution in [2.24, 2.45) is 0 Å². The Morgan fingerprint density at radius 1 is 1.07 bits per heavy atom. The van der Waals surface area contributed by atoms with Crippen LogP contribution in [-0.4, -0.2) is 39.5 Å². The summed E-state index contributed by atoms with van der Waals surface area (Å²) < 4.78 is 0. The van der Waals surface area contributed by atoms with E-state index < -0.39 is 23.8 Å². The average Bonchev–Trinajstić information content (AvgIpc) is 2.93. The van der Waals surface area contributed by atoms with Gasteiger partial charge < -0.3 is 15.1 Å². The van der Waals surface area contributed by atoms with Crippen LogP contribution in [0.2, 0.25) is 0 Å². The van der Waals surface area contributed by atoms with E-state index in [9.17, 15) is 19.8 Å². The number of hydrogen-bond donors (Lipinski definition) is 2. The first kappa shape index (κ1) is 20.8. The number of carbonyl (C=O) groups excluding carboxylic acids is 2. The third-order valence-corrected chi connectivity index (χ3v) is 5.16. The number of benzene rings is 2. The van der Waals surface area contributed by atoms with Crippen LogP contribution >= 0.6 is 0 Å². The molecule has 1 heterocycles. The maximum Gasteiger partial charge on any atom is 0.295 e. The van der Waals surface area contributed by atoms with Gasteiger partial charge in [-0.1, -0.05) is 67.4 Å². The van der Waals surface area contributed by atoms with Crippen LogP contribution < -0.4 is 0 Å². The van der Waals surface area contributed by atoms with Crippen molar-refractivity contribution in [1.82, 2.24) is 4.90 Å². The third-order valence-electron chi connectivity index (χ3n) is 5.16. The van der Waals surface area contributed by atoms with Crippen molar-refractivity contribution in [3.8, 4) is 0 Å². The molecule has 3 rings (SSSR count). The van der Waals surface area contributed by atoms with Crippen LogP contribution in [-0.2, 0) is 16.0 Å². The van der Waals surface area contributed by atoms with Gasteiger partial charge in [0.1, 0.15) is 5.76 Å². The van der Waals surface area contributed by atoms with E-state index in [4.69, 9.17) is 0 Å². The normalized spacial score (nSPS) is 19.6. The van der Waals surface area contributed by atoms with Gasteiger partial charge in [0.15, 0.2) is 0 Å². The summed E-state index contributed by atoms with van der Waals surface area (Å²) in [5.74, 6) is -1.63. The zero-order valence-electron chi connectivity index (χ0n) is 17.1. The van der Waals surface area contributed by atoms with Crippen LogP contribution in [0, 0.1) is 6.92 Å². The Morgan fingerprint density at radius 3 is 2.24 bits per heavy atom. The predicted molar refractivity (Wildman–Crippen MR) is 112 cm³/mol. The molecular formula is C24H27NO4. The fraction of sp³-hybridized carbons (Fsp3) is 0.333. The zero-order chi connectivity index (χ0) is 21.1. The summed E-state index contributed by atoms with van der Waals surface area (Å²) >= 11 is 0. The van der Waals surface area contributed by atoms with Crippen molar-refractivity contribution in [3.63, 3.8) is 0 Å². The van der Waals surface area contributed by atoms with Gasteiger partial charge in [0.25, 0.3) is 11.7 Å². The number of aliphatic hydroxyl groups excluding tert-OH is 2. The fourth-order valence-corrected chi connectivity index (χ4v) is 3.72. The van der Waals surface area contributed by atoms with E-state index in [2.05, 4.69) is 6.92 Å². The molecule has 5 heteroatoms. The molecule has 1 aliphatic heterocycles. The number of aryl methyl sites for hydroxylation is 2. The molecule has 2 aromatic rings. The first-order valence-corrected chi connectivity index (χ1v) is 9.95. The Kier molecular flexibility index (Phi) is 6.18. The molecule has 0 aromatic heterocycles. The van der Waals surface area contributed by atoms with Crippen molar-refractivity contribution >= 4 is 17.4 Å². The van der Waals surface area contributed by atoms with Gasteiger partial charge in [-0.25, -0.2) is 0 Å². The van der Waals surface area contributed by atoms with E-state index in [0.717, 1.165) is 24.0 Å². The summed E-state index contributed by atoms with van der Waals surface area (Å²) in [6, 6.07) is 14.1. The largest absolute Gasteiger partial charge is 0.507 e.